The number of carbonyl (C=O) groups is 2. The average molecular weight is 445 g/mol. The molecule has 3 rings (SSSR count). The molecule has 30 heavy (non-hydrogen) atoms. The average Bonchev–Trinajstić information content (AvgIpc) is 3.26. The van der Waals surface area contributed by atoms with E-state index in [9.17, 15) is 18.0 Å². The zero-order valence-corrected chi connectivity index (χ0v) is 17.4. The number of rotatable bonds is 8. The molecule has 8 nitrogen and oxygen atoms in total. The molecule has 0 aliphatic rings. The van der Waals surface area contributed by atoms with Gasteiger partial charge in [-0.15, -0.1) is 11.3 Å². The van der Waals surface area contributed by atoms with Gasteiger partial charge in [-0.2, -0.15) is 0 Å². The Kier molecular flexibility index (Phi) is 7.04. The van der Waals surface area contributed by atoms with E-state index in [0.717, 1.165) is 11.3 Å². The highest BCUT2D eigenvalue weighted by atomic mass is 32.2. The van der Waals surface area contributed by atoms with Crippen LogP contribution in [0.4, 0.5) is 21.9 Å². The molecule has 0 aliphatic carbocycles. The van der Waals surface area contributed by atoms with E-state index >= 15 is 0 Å². The Hall–Kier alpha value is -3.37. The summed E-state index contributed by atoms with van der Waals surface area (Å²) in [6.07, 6.45) is 0.0220. The molecule has 0 radical (unpaired) electrons. The van der Waals surface area contributed by atoms with Crippen molar-refractivity contribution in [2.75, 3.05) is 21.9 Å². The highest BCUT2D eigenvalue weighted by Crippen LogP contribution is 2.26. The van der Waals surface area contributed by atoms with Gasteiger partial charge in [-0.25, -0.2) is 13.2 Å². The van der Waals surface area contributed by atoms with Crippen LogP contribution in [-0.4, -0.2) is 26.9 Å². The first-order chi connectivity index (χ1) is 14.4. The molecule has 0 saturated carbocycles. The normalized spacial score (nSPS) is 10.8. The van der Waals surface area contributed by atoms with Gasteiger partial charge >= 0.3 is 6.03 Å². The topological polar surface area (TPSA) is 116 Å². The Balaban J connectivity index is 1.52. The van der Waals surface area contributed by atoms with Gasteiger partial charge in [-0.05, 0) is 35.7 Å². The molecule has 1 heterocycles. The summed E-state index contributed by atoms with van der Waals surface area (Å²) in [5, 5.41) is 9.59. The molecule has 2 aromatic carbocycles. The minimum Gasteiger partial charge on any atom is -0.337 e. The number of para-hydroxylation sites is 3. The van der Waals surface area contributed by atoms with Gasteiger partial charge in [0.05, 0.1) is 11.4 Å². The van der Waals surface area contributed by atoms with Gasteiger partial charge in [0.25, 0.3) is 10.0 Å². The number of benzene rings is 2. The van der Waals surface area contributed by atoms with Crippen LogP contribution in [0.1, 0.15) is 6.42 Å². The number of hydrogen-bond acceptors (Lipinski definition) is 5. The van der Waals surface area contributed by atoms with E-state index in [4.69, 9.17) is 0 Å². The summed E-state index contributed by atoms with van der Waals surface area (Å²) in [4.78, 5) is 24.1. The van der Waals surface area contributed by atoms with Gasteiger partial charge in [0.15, 0.2) is 0 Å². The molecule has 4 N–H and O–H groups in total. The maximum atomic E-state index is 12.4. The summed E-state index contributed by atoms with van der Waals surface area (Å²) in [5.74, 6) is -0.363. The molecule has 0 saturated heterocycles. The summed E-state index contributed by atoms with van der Waals surface area (Å²) in [7, 11) is -3.73. The van der Waals surface area contributed by atoms with E-state index in [-0.39, 0.29) is 28.8 Å². The van der Waals surface area contributed by atoms with Crippen molar-refractivity contribution in [3.8, 4) is 0 Å². The SMILES string of the molecule is O=C(CCNC(=O)Nc1ccccc1)Nc1ccccc1NS(=O)(=O)c1cccs1. The smallest absolute Gasteiger partial charge is 0.319 e. The van der Waals surface area contributed by atoms with Crippen LogP contribution in [0.15, 0.2) is 76.3 Å². The maximum absolute atomic E-state index is 12.4. The lowest BCUT2D eigenvalue weighted by Crippen LogP contribution is -2.31. The second-order valence-corrected chi connectivity index (χ2v) is 8.99. The number of sulfonamides is 1. The highest BCUT2D eigenvalue weighted by Gasteiger charge is 2.17. The molecule has 156 valence electrons. The van der Waals surface area contributed by atoms with Crippen molar-refractivity contribution < 1.29 is 18.0 Å². The van der Waals surface area contributed by atoms with Crippen molar-refractivity contribution in [1.29, 1.82) is 0 Å². The van der Waals surface area contributed by atoms with Gasteiger partial charge in [-0.1, -0.05) is 36.4 Å². The lowest BCUT2D eigenvalue weighted by atomic mass is 10.2. The van der Waals surface area contributed by atoms with E-state index in [1.165, 1.54) is 6.07 Å². The van der Waals surface area contributed by atoms with Gasteiger partial charge in [0, 0.05) is 18.7 Å². The summed E-state index contributed by atoms with van der Waals surface area (Å²) >= 11 is 1.10. The first kappa shape index (κ1) is 21.3. The van der Waals surface area contributed by atoms with E-state index in [2.05, 4.69) is 20.7 Å². The first-order valence-electron chi connectivity index (χ1n) is 8.99. The summed E-state index contributed by atoms with van der Waals surface area (Å²) < 4.78 is 27.5. The van der Waals surface area contributed by atoms with Crippen molar-refractivity contribution in [2.45, 2.75) is 10.6 Å². The molecule has 10 heteroatoms. The molecule has 0 aliphatic heterocycles. The fourth-order valence-corrected chi connectivity index (χ4v) is 4.56. The Labute approximate surface area is 178 Å². The molecular formula is C20H20N4O4S2. The van der Waals surface area contributed by atoms with Crippen LogP contribution in [0, 0.1) is 0 Å². The molecule has 0 spiro atoms. The predicted octanol–water partition coefficient (Wildman–Crippen LogP) is 3.70. The minimum absolute atomic E-state index is 0.0220. The van der Waals surface area contributed by atoms with Crippen LogP contribution in [0.3, 0.4) is 0 Å². The predicted molar refractivity (Wildman–Crippen MR) is 118 cm³/mol. The van der Waals surface area contributed by atoms with E-state index in [0.29, 0.717) is 11.4 Å². The Morgan fingerprint density at radius 1 is 0.833 bits per heavy atom. The van der Waals surface area contributed by atoms with Crippen LogP contribution in [0.25, 0.3) is 0 Å². The third kappa shape index (κ3) is 6.06. The van der Waals surface area contributed by atoms with Crippen LogP contribution >= 0.6 is 11.3 Å². The van der Waals surface area contributed by atoms with Gasteiger partial charge in [0.2, 0.25) is 5.91 Å². The molecule has 0 unspecified atom stereocenters. The quantitative estimate of drug-likeness (QED) is 0.424. The minimum atomic E-state index is -3.73. The van der Waals surface area contributed by atoms with Crippen molar-refractivity contribution >= 4 is 50.4 Å². The second-order valence-electron chi connectivity index (χ2n) is 6.13. The summed E-state index contributed by atoms with van der Waals surface area (Å²) in [6.45, 7) is 0.119. The van der Waals surface area contributed by atoms with Crippen LogP contribution in [0.5, 0.6) is 0 Å². The molecule has 0 bridgehead atoms. The molecule has 0 fully saturated rings. The Morgan fingerprint density at radius 3 is 2.23 bits per heavy atom. The van der Waals surface area contributed by atoms with Crippen molar-refractivity contribution in [3.05, 3.63) is 72.1 Å². The van der Waals surface area contributed by atoms with E-state index in [1.54, 1.807) is 60.0 Å². The largest absolute Gasteiger partial charge is 0.337 e. The standard InChI is InChI=1S/C20H20N4O4S2/c25-18(12-13-21-20(26)22-15-7-2-1-3-8-15)23-16-9-4-5-10-17(16)24-30(27,28)19-11-6-14-29-19/h1-11,14,24H,12-13H2,(H,23,25)(H2,21,22,26). The monoisotopic (exact) mass is 444 g/mol. The van der Waals surface area contributed by atoms with E-state index in [1.807, 2.05) is 6.07 Å². The maximum Gasteiger partial charge on any atom is 0.319 e. The number of hydrogen-bond donors (Lipinski definition) is 4. The number of urea groups is 1. The number of anilines is 3. The highest BCUT2D eigenvalue weighted by molar-refractivity contribution is 7.94. The Morgan fingerprint density at radius 2 is 1.53 bits per heavy atom. The van der Waals surface area contributed by atoms with Gasteiger partial charge in [0.1, 0.15) is 4.21 Å². The lowest BCUT2D eigenvalue weighted by molar-refractivity contribution is -0.116. The van der Waals surface area contributed by atoms with Crippen LogP contribution < -0.4 is 20.7 Å². The third-order valence-electron chi connectivity index (χ3n) is 3.87. The number of amides is 3. The molecule has 1 aromatic heterocycles. The molecular weight excluding hydrogens is 424 g/mol. The molecule has 0 atom stereocenters. The molecule has 3 aromatic rings. The lowest BCUT2D eigenvalue weighted by Gasteiger charge is -2.13. The van der Waals surface area contributed by atoms with Crippen molar-refractivity contribution in [2.24, 2.45) is 0 Å². The van der Waals surface area contributed by atoms with Gasteiger partial charge in [-0.3, -0.25) is 9.52 Å². The molecule has 3 amide bonds. The van der Waals surface area contributed by atoms with Crippen molar-refractivity contribution in [3.63, 3.8) is 0 Å². The summed E-state index contributed by atoms with van der Waals surface area (Å²) in [5.41, 5.74) is 1.23. The fourth-order valence-electron chi connectivity index (χ4n) is 2.49. The second kappa shape index (κ2) is 9.90. The first-order valence-corrected chi connectivity index (χ1v) is 11.4. The zero-order chi connectivity index (χ0) is 21.4. The van der Waals surface area contributed by atoms with Gasteiger partial charge < -0.3 is 16.0 Å². The summed E-state index contributed by atoms with van der Waals surface area (Å²) in [6, 6.07) is 18.2. The Bertz CT molecular complexity index is 1100. The van der Waals surface area contributed by atoms with Crippen LogP contribution in [-0.2, 0) is 14.8 Å². The number of thiophene rings is 1. The zero-order valence-electron chi connectivity index (χ0n) is 15.8. The fraction of sp³-hybridized carbons (Fsp3) is 0.100. The van der Waals surface area contributed by atoms with Crippen LogP contribution in [0.2, 0.25) is 0 Å². The van der Waals surface area contributed by atoms with E-state index < -0.39 is 16.1 Å². The van der Waals surface area contributed by atoms with Crippen molar-refractivity contribution in [1.82, 2.24) is 5.32 Å². The number of nitrogens with one attached hydrogen (secondary N) is 4. The number of carbonyl (C=O) groups excluding carboxylic acids is 2. The third-order valence-corrected chi connectivity index (χ3v) is 6.64.